The Kier molecular flexibility index (Phi) is 2.32. The molecule has 2 aromatic rings. The molecule has 0 fully saturated rings. The van der Waals surface area contributed by atoms with E-state index in [1.54, 1.807) is 0 Å². The average molecular weight is 213 g/mol. The second-order valence-corrected chi connectivity index (χ2v) is 2.87. The van der Waals surface area contributed by atoms with Crippen LogP contribution in [0.25, 0.3) is 0 Å². The van der Waals surface area contributed by atoms with Crippen LogP contribution in [-0.2, 0) is 0 Å². The Hall–Kier alpha value is -1.98. The second kappa shape index (κ2) is 3.64. The standard InChI is InChI=1S/C9H6F3N3/c10-7-1-5(2-8(11)9(7)12)15-6-3-13-14-4-6/h1-4,15H,(H,13,14). The summed E-state index contributed by atoms with van der Waals surface area (Å²) in [4.78, 5) is 0. The van der Waals surface area contributed by atoms with Crippen molar-refractivity contribution >= 4 is 11.4 Å². The molecule has 0 atom stereocenters. The lowest BCUT2D eigenvalue weighted by molar-refractivity contribution is 0.448. The van der Waals surface area contributed by atoms with Gasteiger partial charge < -0.3 is 5.32 Å². The molecule has 1 heterocycles. The molecule has 0 amide bonds. The van der Waals surface area contributed by atoms with Crippen molar-refractivity contribution in [3.05, 3.63) is 42.0 Å². The molecule has 1 aromatic carbocycles. The van der Waals surface area contributed by atoms with E-state index in [-0.39, 0.29) is 5.69 Å². The molecule has 0 unspecified atom stereocenters. The largest absolute Gasteiger partial charge is 0.353 e. The van der Waals surface area contributed by atoms with E-state index in [4.69, 9.17) is 0 Å². The van der Waals surface area contributed by atoms with Gasteiger partial charge in [0.1, 0.15) is 0 Å². The summed E-state index contributed by atoms with van der Waals surface area (Å²) in [5.41, 5.74) is 0.646. The maximum atomic E-state index is 12.8. The molecule has 0 aliphatic heterocycles. The number of hydrogen-bond acceptors (Lipinski definition) is 2. The van der Waals surface area contributed by atoms with Crippen LogP contribution in [0.3, 0.4) is 0 Å². The summed E-state index contributed by atoms with van der Waals surface area (Å²) in [5, 5.41) is 8.80. The molecule has 0 bridgehead atoms. The number of aromatic nitrogens is 2. The fourth-order valence-corrected chi connectivity index (χ4v) is 1.11. The van der Waals surface area contributed by atoms with Crippen LogP contribution in [0.15, 0.2) is 24.5 Å². The molecule has 6 heteroatoms. The van der Waals surface area contributed by atoms with Crippen LogP contribution in [0.5, 0.6) is 0 Å². The van der Waals surface area contributed by atoms with E-state index in [0.29, 0.717) is 5.69 Å². The van der Waals surface area contributed by atoms with Gasteiger partial charge in [-0.2, -0.15) is 5.10 Å². The third-order valence-electron chi connectivity index (χ3n) is 1.77. The number of rotatable bonds is 2. The lowest BCUT2D eigenvalue weighted by Crippen LogP contribution is -1.95. The fraction of sp³-hybridized carbons (Fsp3) is 0. The predicted octanol–water partition coefficient (Wildman–Crippen LogP) is 2.57. The van der Waals surface area contributed by atoms with Crippen molar-refractivity contribution in [3.63, 3.8) is 0 Å². The zero-order valence-corrected chi connectivity index (χ0v) is 7.39. The first kappa shape index (κ1) is 9.57. The molecule has 2 rings (SSSR count). The van der Waals surface area contributed by atoms with Crippen LogP contribution in [0.4, 0.5) is 24.5 Å². The fourth-order valence-electron chi connectivity index (χ4n) is 1.11. The van der Waals surface area contributed by atoms with E-state index in [0.717, 1.165) is 12.1 Å². The molecule has 3 nitrogen and oxygen atoms in total. The van der Waals surface area contributed by atoms with Crippen molar-refractivity contribution in [1.82, 2.24) is 10.2 Å². The van der Waals surface area contributed by atoms with Crippen LogP contribution in [-0.4, -0.2) is 10.2 Å². The summed E-state index contributed by atoms with van der Waals surface area (Å²) in [6.07, 6.45) is 2.93. The molecular weight excluding hydrogens is 207 g/mol. The van der Waals surface area contributed by atoms with Gasteiger partial charge in [0.05, 0.1) is 11.9 Å². The average Bonchev–Trinajstić information content (AvgIpc) is 2.66. The van der Waals surface area contributed by atoms with E-state index >= 15 is 0 Å². The third-order valence-corrected chi connectivity index (χ3v) is 1.77. The first-order valence-electron chi connectivity index (χ1n) is 4.07. The maximum absolute atomic E-state index is 12.8. The number of benzene rings is 1. The van der Waals surface area contributed by atoms with Crippen molar-refractivity contribution in [2.75, 3.05) is 5.32 Å². The topological polar surface area (TPSA) is 40.7 Å². The van der Waals surface area contributed by atoms with Crippen molar-refractivity contribution in [1.29, 1.82) is 0 Å². The van der Waals surface area contributed by atoms with Crippen molar-refractivity contribution in [3.8, 4) is 0 Å². The van der Waals surface area contributed by atoms with Crippen LogP contribution in [0, 0.1) is 17.5 Å². The number of hydrogen-bond donors (Lipinski definition) is 2. The van der Waals surface area contributed by atoms with Gasteiger partial charge in [0.15, 0.2) is 17.5 Å². The van der Waals surface area contributed by atoms with Gasteiger partial charge in [-0.15, -0.1) is 0 Å². The van der Waals surface area contributed by atoms with Crippen LogP contribution in [0.1, 0.15) is 0 Å². The van der Waals surface area contributed by atoms with Gasteiger partial charge in [0, 0.05) is 24.0 Å². The summed E-state index contributed by atoms with van der Waals surface area (Å²) >= 11 is 0. The molecule has 0 aliphatic rings. The lowest BCUT2D eigenvalue weighted by Gasteiger charge is -2.04. The summed E-state index contributed by atoms with van der Waals surface area (Å²) in [6, 6.07) is 1.73. The Balaban J connectivity index is 2.30. The third kappa shape index (κ3) is 1.93. The Morgan fingerprint density at radius 3 is 2.27 bits per heavy atom. The highest BCUT2D eigenvalue weighted by Gasteiger charge is 2.10. The van der Waals surface area contributed by atoms with E-state index in [9.17, 15) is 13.2 Å². The summed E-state index contributed by atoms with van der Waals surface area (Å²) < 4.78 is 38.2. The Bertz CT molecular complexity index is 444. The molecule has 0 radical (unpaired) electrons. The van der Waals surface area contributed by atoms with Gasteiger partial charge in [-0.25, -0.2) is 13.2 Å². The predicted molar refractivity (Wildman–Crippen MR) is 48.2 cm³/mol. The highest BCUT2D eigenvalue weighted by atomic mass is 19.2. The lowest BCUT2D eigenvalue weighted by atomic mass is 10.3. The molecule has 15 heavy (non-hydrogen) atoms. The van der Waals surface area contributed by atoms with Gasteiger partial charge in [0.2, 0.25) is 0 Å². The van der Waals surface area contributed by atoms with E-state index in [1.165, 1.54) is 12.4 Å². The van der Waals surface area contributed by atoms with Gasteiger partial charge in [-0.1, -0.05) is 0 Å². The summed E-state index contributed by atoms with van der Waals surface area (Å²) in [5.74, 6) is -3.95. The van der Waals surface area contributed by atoms with Crippen molar-refractivity contribution in [2.45, 2.75) is 0 Å². The molecular formula is C9H6F3N3. The SMILES string of the molecule is Fc1cc(Nc2cn[nH]c2)cc(F)c1F. The number of anilines is 2. The molecule has 2 N–H and O–H groups in total. The van der Waals surface area contributed by atoms with Gasteiger partial charge in [-0.3, -0.25) is 5.10 Å². The molecule has 78 valence electrons. The number of H-pyrrole nitrogens is 1. The highest BCUT2D eigenvalue weighted by Crippen LogP contribution is 2.20. The monoisotopic (exact) mass is 213 g/mol. The number of halogens is 3. The minimum atomic E-state index is -1.48. The van der Waals surface area contributed by atoms with Crippen LogP contribution >= 0.6 is 0 Å². The summed E-state index contributed by atoms with van der Waals surface area (Å²) in [6.45, 7) is 0. The van der Waals surface area contributed by atoms with Gasteiger partial charge in [0.25, 0.3) is 0 Å². The minimum Gasteiger partial charge on any atom is -0.353 e. The normalized spacial score (nSPS) is 10.3. The first-order valence-corrected chi connectivity index (χ1v) is 4.07. The maximum Gasteiger partial charge on any atom is 0.194 e. The van der Waals surface area contributed by atoms with Gasteiger partial charge in [-0.05, 0) is 0 Å². The van der Waals surface area contributed by atoms with Crippen LogP contribution < -0.4 is 5.32 Å². The van der Waals surface area contributed by atoms with Crippen molar-refractivity contribution < 1.29 is 13.2 Å². The molecule has 0 aliphatic carbocycles. The highest BCUT2D eigenvalue weighted by molar-refractivity contribution is 5.57. The zero-order chi connectivity index (χ0) is 10.8. The van der Waals surface area contributed by atoms with Gasteiger partial charge >= 0.3 is 0 Å². The van der Waals surface area contributed by atoms with Crippen LogP contribution in [0.2, 0.25) is 0 Å². The minimum absolute atomic E-state index is 0.118. The smallest absolute Gasteiger partial charge is 0.194 e. The Morgan fingerprint density at radius 2 is 1.73 bits per heavy atom. The number of nitrogens with zero attached hydrogens (tertiary/aromatic N) is 1. The Labute approximate surface area is 82.9 Å². The van der Waals surface area contributed by atoms with E-state index in [1.807, 2.05) is 0 Å². The second-order valence-electron chi connectivity index (χ2n) is 2.87. The quantitative estimate of drug-likeness (QED) is 0.752. The zero-order valence-electron chi connectivity index (χ0n) is 7.39. The molecule has 0 saturated heterocycles. The molecule has 0 saturated carbocycles. The Morgan fingerprint density at radius 1 is 1.07 bits per heavy atom. The first-order chi connectivity index (χ1) is 7.16. The summed E-state index contributed by atoms with van der Waals surface area (Å²) in [7, 11) is 0. The number of aromatic amines is 1. The molecule has 1 aromatic heterocycles. The van der Waals surface area contributed by atoms with E-state index < -0.39 is 17.5 Å². The number of nitrogens with one attached hydrogen (secondary N) is 2. The van der Waals surface area contributed by atoms with E-state index in [2.05, 4.69) is 15.5 Å². The molecule has 0 spiro atoms. The van der Waals surface area contributed by atoms with Crippen molar-refractivity contribution in [2.24, 2.45) is 0 Å².